The third-order valence-electron chi connectivity index (χ3n) is 4.07. The van der Waals surface area contributed by atoms with Crippen LogP contribution in [0.3, 0.4) is 0 Å². The molecule has 10 N–H and O–H groups in total. The molecule has 0 unspecified atom stereocenters. The van der Waals surface area contributed by atoms with Gasteiger partial charge in [0.05, 0.1) is 13.2 Å². The first-order chi connectivity index (χ1) is 12.8. The van der Waals surface area contributed by atoms with Crippen molar-refractivity contribution in [2.24, 2.45) is 0 Å². The Labute approximate surface area is 188 Å². The third-order valence-corrected chi connectivity index (χ3v) is 4.07. The molecule has 0 bridgehead atoms. The van der Waals surface area contributed by atoms with Crippen LogP contribution in [0, 0.1) is 0 Å². The second-order valence-corrected chi connectivity index (χ2v) is 6.90. The number of ether oxygens (including phenoxy) is 3. The molecular formula is C12H25NaO15S. The summed E-state index contributed by atoms with van der Waals surface area (Å²) in [5, 5.41) is 76.7. The summed E-state index contributed by atoms with van der Waals surface area (Å²) in [5.74, 6) is -2.22. The Hall–Kier alpha value is 0.430. The number of rotatable bonds is 5. The molecule has 0 amide bonds. The molecule has 15 nitrogen and oxygen atoms in total. The molecule has 0 aromatic carbocycles. The predicted molar refractivity (Wildman–Crippen MR) is 83.9 cm³/mol. The summed E-state index contributed by atoms with van der Waals surface area (Å²) in [4.78, 5) is 0. The molecule has 2 heterocycles. The van der Waals surface area contributed by atoms with Gasteiger partial charge < -0.3 is 56.5 Å². The smallest absolute Gasteiger partial charge is 1.00 e. The van der Waals surface area contributed by atoms with Gasteiger partial charge in [-0.15, -0.1) is 0 Å². The van der Waals surface area contributed by atoms with Gasteiger partial charge in [-0.25, -0.2) is 0 Å². The van der Waals surface area contributed by atoms with Crippen molar-refractivity contribution in [3.63, 3.8) is 0 Å². The SMILES string of the molecule is O=S(=O)(O)O.OC[C@H]1O[C@@](CO)(O[C@H]2O[C@H](CO)[C@@H](O)[C@H](O)[C@H]2O)[C@@H](O)[C@@H]1O.[H-].[Na+]. The van der Waals surface area contributed by atoms with E-state index in [9.17, 15) is 30.6 Å². The first kappa shape index (κ1) is 29.4. The zero-order valence-electron chi connectivity index (χ0n) is 16.2. The monoisotopic (exact) mass is 464 g/mol. The van der Waals surface area contributed by atoms with Gasteiger partial charge in [-0.05, 0) is 0 Å². The number of hydrogen-bond donors (Lipinski definition) is 10. The fourth-order valence-electron chi connectivity index (χ4n) is 2.63. The van der Waals surface area contributed by atoms with Crippen LogP contribution in [0.5, 0.6) is 0 Å². The van der Waals surface area contributed by atoms with Gasteiger partial charge in [0.25, 0.3) is 0 Å². The van der Waals surface area contributed by atoms with Crippen molar-refractivity contribution in [1.29, 1.82) is 0 Å². The maximum Gasteiger partial charge on any atom is 1.00 e. The summed E-state index contributed by atoms with van der Waals surface area (Å²) in [6.45, 7) is -2.32. The maximum atomic E-state index is 10.00. The van der Waals surface area contributed by atoms with Crippen molar-refractivity contribution in [2.75, 3.05) is 19.8 Å². The van der Waals surface area contributed by atoms with E-state index in [0.717, 1.165) is 0 Å². The number of hydrogen-bond acceptors (Lipinski definition) is 13. The minimum Gasteiger partial charge on any atom is -1.00 e. The molecule has 0 saturated carbocycles. The van der Waals surface area contributed by atoms with E-state index in [1.807, 2.05) is 0 Å². The van der Waals surface area contributed by atoms with Crippen molar-refractivity contribution < 1.29 is 104 Å². The molecule has 2 fully saturated rings. The van der Waals surface area contributed by atoms with Crippen molar-refractivity contribution in [3.05, 3.63) is 0 Å². The van der Waals surface area contributed by atoms with Crippen LogP contribution in [0.1, 0.15) is 1.43 Å². The average Bonchev–Trinajstić information content (AvgIpc) is 2.86. The summed E-state index contributed by atoms with van der Waals surface area (Å²) in [7, 11) is -4.67. The van der Waals surface area contributed by atoms with Crippen LogP contribution in [-0.2, 0) is 24.6 Å². The second kappa shape index (κ2) is 11.9. The van der Waals surface area contributed by atoms with Crippen LogP contribution in [-0.4, -0.2) is 133 Å². The fraction of sp³-hybridized carbons (Fsp3) is 1.00. The van der Waals surface area contributed by atoms with Crippen LogP contribution in [0.25, 0.3) is 0 Å². The Bertz CT molecular complexity index is 588. The van der Waals surface area contributed by atoms with Gasteiger partial charge in [-0.3, -0.25) is 9.11 Å². The summed E-state index contributed by atoms with van der Waals surface area (Å²) >= 11 is 0. The topological polar surface area (TPSA) is 264 Å². The normalized spacial score (nSPS) is 42.6. The molecule has 0 aromatic rings. The third kappa shape index (κ3) is 7.51. The van der Waals surface area contributed by atoms with Crippen molar-refractivity contribution in [1.82, 2.24) is 0 Å². The molecular weight excluding hydrogens is 439 g/mol. The molecule has 0 spiro atoms. The fourth-order valence-corrected chi connectivity index (χ4v) is 2.63. The molecule has 0 radical (unpaired) electrons. The van der Waals surface area contributed by atoms with E-state index in [1.165, 1.54) is 0 Å². The molecule has 0 aromatic heterocycles. The minimum absolute atomic E-state index is 0. The summed E-state index contributed by atoms with van der Waals surface area (Å²) in [6.07, 6.45) is -12.7. The van der Waals surface area contributed by atoms with E-state index in [0.29, 0.717) is 0 Å². The summed E-state index contributed by atoms with van der Waals surface area (Å²) in [6, 6.07) is 0. The van der Waals surface area contributed by atoms with Gasteiger partial charge in [0.2, 0.25) is 5.79 Å². The Morgan fingerprint density at radius 2 is 1.34 bits per heavy atom. The van der Waals surface area contributed by atoms with Crippen LogP contribution in [0.2, 0.25) is 0 Å². The predicted octanol–water partition coefficient (Wildman–Crippen LogP) is -8.93. The van der Waals surface area contributed by atoms with Crippen molar-refractivity contribution >= 4 is 10.4 Å². The van der Waals surface area contributed by atoms with E-state index in [4.69, 9.17) is 41.9 Å². The first-order valence-corrected chi connectivity index (χ1v) is 9.14. The molecule has 170 valence electrons. The second-order valence-electron chi connectivity index (χ2n) is 6.01. The van der Waals surface area contributed by atoms with E-state index in [-0.39, 0.29) is 31.0 Å². The molecule has 17 heteroatoms. The maximum absolute atomic E-state index is 10.00. The van der Waals surface area contributed by atoms with E-state index >= 15 is 0 Å². The molecule has 2 rings (SSSR count). The molecule has 9 atom stereocenters. The van der Waals surface area contributed by atoms with Crippen LogP contribution in [0.4, 0.5) is 0 Å². The van der Waals surface area contributed by atoms with Crippen molar-refractivity contribution in [3.8, 4) is 0 Å². The molecule has 29 heavy (non-hydrogen) atoms. The standard InChI is InChI=1S/C12H22O11.Na.H2O4S.H/c13-1-4-6(16)8(18)9(19)11(21-4)23-12(3-15)10(20)7(17)5(2-14)22-12;;1-5(2,3)4;/h4-11,13-20H,1-3H2;;(H2,1,2,3,4);/q;+1;;-1/t4-,5-,6-,7-,8+,9-,10+,11-,12+;;;/m1.../s1. The van der Waals surface area contributed by atoms with Crippen LogP contribution >= 0.6 is 0 Å². The Morgan fingerprint density at radius 1 is 0.862 bits per heavy atom. The quantitative estimate of drug-likeness (QED) is 0.134. The van der Waals surface area contributed by atoms with Gasteiger partial charge in [0.15, 0.2) is 6.29 Å². The van der Waals surface area contributed by atoms with Crippen LogP contribution < -0.4 is 29.6 Å². The number of aliphatic hydroxyl groups excluding tert-OH is 8. The van der Waals surface area contributed by atoms with Crippen LogP contribution in [0.15, 0.2) is 0 Å². The van der Waals surface area contributed by atoms with Gasteiger partial charge in [-0.2, -0.15) is 8.42 Å². The van der Waals surface area contributed by atoms with Gasteiger partial charge in [0.1, 0.15) is 49.3 Å². The Morgan fingerprint density at radius 3 is 1.72 bits per heavy atom. The molecule has 2 aliphatic heterocycles. The van der Waals surface area contributed by atoms with Gasteiger partial charge in [-0.1, -0.05) is 0 Å². The van der Waals surface area contributed by atoms with Gasteiger partial charge >= 0.3 is 40.0 Å². The number of aliphatic hydroxyl groups is 8. The Kier molecular flexibility index (Phi) is 12.1. The zero-order chi connectivity index (χ0) is 21.9. The van der Waals surface area contributed by atoms with E-state index < -0.39 is 85.0 Å². The Balaban J connectivity index is 0. The summed E-state index contributed by atoms with van der Waals surface area (Å²) < 4.78 is 47.0. The minimum atomic E-state index is -4.67. The van der Waals surface area contributed by atoms with E-state index in [1.54, 1.807) is 0 Å². The molecule has 2 saturated heterocycles. The summed E-state index contributed by atoms with van der Waals surface area (Å²) in [5.41, 5.74) is 0. The van der Waals surface area contributed by atoms with Crippen molar-refractivity contribution in [2.45, 2.75) is 54.8 Å². The zero-order valence-corrected chi connectivity index (χ0v) is 18.0. The largest absolute Gasteiger partial charge is 1.00 e. The first-order valence-electron chi connectivity index (χ1n) is 7.75. The molecule has 0 aliphatic carbocycles. The average molecular weight is 464 g/mol. The van der Waals surface area contributed by atoms with E-state index in [2.05, 4.69) is 0 Å². The van der Waals surface area contributed by atoms with Gasteiger partial charge in [0, 0.05) is 0 Å². The molecule has 2 aliphatic rings.